The van der Waals surface area contributed by atoms with Crippen LogP contribution in [-0.4, -0.2) is 14.6 Å². The third-order valence-electron chi connectivity index (χ3n) is 3.50. The van der Waals surface area contributed by atoms with Gasteiger partial charge in [0.15, 0.2) is 0 Å². The van der Waals surface area contributed by atoms with Gasteiger partial charge in [-0.2, -0.15) is 0 Å². The monoisotopic (exact) mass is 252 g/mol. The van der Waals surface area contributed by atoms with Crippen molar-refractivity contribution in [1.29, 1.82) is 0 Å². The number of rotatable bonds is 4. The first kappa shape index (κ1) is 12.3. The predicted molar refractivity (Wildman–Crippen MR) is 75.3 cm³/mol. The molecule has 88 valence electrons. The first-order valence-corrected chi connectivity index (χ1v) is 11.1. The zero-order valence-corrected chi connectivity index (χ0v) is 12.4. The van der Waals surface area contributed by atoms with Crippen molar-refractivity contribution in [3.05, 3.63) is 29.8 Å². The second-order valence-corrected chi connectivity index (χ2v) is 12.3. The summed E-state index contributed by atoms with van der Waals surface area (Å²) in [5, 5.41) is 1.55. The summed E-state index contributed by atoms with van der Waals surface area (Å²) in [7, 11) is -0.627. The molecule has 16 heavy (non-hydrogen) atoms. The average Bonchev–Trinajstić information content (AvgIpc) is 2.62. The molecular formula is C13H21OPSi. The van der Waals surface area contributed by atoms with E-state index < -0.39 is 7.98 Å². The largest absolute Gasteiger partial charge is 0.402 e. The molecule has 0 bridgehead atoms. The molecule has 0 radical (unpaired) electrons. The van der Waals surface area contributed by atoms with Crippen molar-refractivity contribution < 1.29 is 4.43 Å². The third kappa shape index (κ3) is 2.11. The molecule has 1 aromatic carbocycles. The lowest BCUT2D eigenvalue weighted by molar-refractivity contribution is 0.206. The Morgan fingerprint density at radius 3 is 2.81 bits per heavy atom. The maximum atomic E-state index is 6.42. The topological polar surface area (TPSA) is 9.23 Å². The first-order chi connectivity index (χ1) is 7.71. The van der Waals surface area contributed by atoms with E-state index in [9.17, 15) is 0 Å². The number of hydrogen-bond donors (Lipinski definition) is 0. The van der Waals surface area contributed by atoms with E-state index in [4.69, 9.17) is 4.43 Å². The molecule has 1 heterocycles. The molecule has 0 saturated carbocycles. The Kier molecular flexibility index (Phi) is 3.83. The van der Waals surface area contributed by atoms with Gasteiger partial charge in [-0.05, 0) is 30.4 Å². The summed E-state index contributed by atoms with van der Waals surface area (Å²) >= 11 is 0. The number of unbranched alkanes of at least 4 members (excludes halogenated alkanes) is 1. The minimum atomic E-state index is -1.57. The van der Waals surface area contributed by atoms with Crippen LogP contribution in [0.4, 0.5) is 0 Å². The van der Waals surface area contributed by atoms with Gasteiger partial charge in [0, 0.05) is 0 Å². The van der Waals surface area contributed by atoms with Gasteiger partial charge in [0.25, 0.3) is 0 Å². The van der Waals surface area contributed by atoms with Crippen LogP contribution in [0, 0.1) is 0 Å². The molecule has 0 aromatic heterocycles. The maximum Gasteiger partial charge on any atom is 0.244 e. The molecular weight excluding hydrogens is 231 g/mol. The van der Waals surface area contributed by atoms with E-state index in [-0.39, 0.29) is 0 Å². The van der Waals surface area contributed by atoms with Crippen LogP contribution in [-0.2, 0) is 4.43 Å². The Balaban J connectivity index is 2.28. The minimum absolute atomic E-state index is 0.389. The Morgan fingerprint density at radius 1 is 1.38 bits per heavy atom. The van der Waals surface area contributed by atoms with E-state index in [0.717, 1.165) is 8.13 Å². The van der Waals surface area contributed by atoms with Crippen molar-refractivity contribution in [2.75, 3.05) is 6.66 Å². The summed E-state index contributed by atoms with van der Waals surface area (Å²) in [6.45, 7) is 6.92. The van der Waals surface area contributed by atoms with Gasteiger partial charge < -0.3 is 4.43 Å². The smallest absolute Gasteiger partial charge is 0.244 e. The highest BCUT2D eigenvalue weighted by Crippen LogP contribution is 2.40. The van der Waals surface area contributed by atoms with E-state index in [1.807, 2.05) is 0 Å². The Labute approximate surface area is 101 Å². The van der Waals surface area contributed by atoms with Gasteiger partial charge in [0.05, 0.1) is 6.10 Å². The van der Waals surface area contributed by atoms with Crippen molar-refractivity contribution in [1.82, 2.24) is 0 Å². The van der Waals surface area contributed by atoms with Crippen molar-refractivity contribution in [3.8, 4) is 0 Å². The molecule has 0 saturated heterocycles. The van der Waals surface area contributed by atoms with Crippen LogP contribution in [0.3, 0.4) is 0 Å². The number of hydrogen-bond acceptors (Lipinski definition) is 1. The van der Waals surface area contributed by atoms with Crippen LogP contribution in [0.15, 0.2) is 24.3 Å². The van der Waals surface area contributed by atoms with Gasteiger partial charge in [-0.25, -0.2) is 0 Å². The fourth-order valence-electron chi connectivity index (χ4n) is 2.42. The van der Waals surface area contributed by atoms with E-state index in [0.29, 0.717) is 6.10 Å². The zero-order chi connectivity index (χ0) is 11.6. The summed E-state index contributed by atoms with van der Waals surface area (Å²) in [5.74, 6) is 0. The van der Waals surface area contributed by atoms with Crippen molar-refractivity contribution in [3.63, 3.8) is 0 Å². The SMILES string of the molecule is CCCCC1O[Si@](C)(PC)c2ccccc21. The summed E-state index contributed by atoms with van der Waals surface area (Å²) in [6, 6.07) is 8.88. The molecule has 0 spiro atoms. The van der Waals surface area contributed by atoms with E-state index in [1.165, 1.54) is 24.8 Å². The molecule has 1 nitrogen and oxygen atoms in total. The van der Waals surface area contributed by atoms with Crippen LogP contribution in [0.25, 0.3) is 0 Å². The van der Waals surface area contributed by atoms with E-state index >= 15 is 0 Å². The van der Waals surface area contributed by atoms with E-state index in [1.54, 1.807) is 5.19 Å². The lowest BCUT2D eigenvalue weighted by atomic mass is 10.0. The molecule has 1 aromatic rings. The summed E-state index contributed by atoms with van der Waals surface area (Å²) in [6.07, 6.45) is 4.12. The third-order valence-corrected chi connectivity index (χ3v) is 10.7. The molecule has 0 fully saturated rings. The molecule has 0 amide bonds. The van der Waals surface area contributed by atoms with Gasteiger partial charge in [0.1, 0.15) is 0 Å². The highest BCUT2D eigenvalue weighted by Gasteiger charge is 2.41. The lowest BCUT2D eigenvalue weighted by Gasteiger charge is -2.21. The standard InChI is InChI=1S/C13H21OPSi/c1-4-5-9-12-11-8-6-7-10-13(11)16(3,14-12)15-2/h6-8,10,12,15H,4-5,9H2,1-3H3/t12?,16-/m1/s1. The molecule has 2 rings (SSSR count). The van der Waals surface area contributed by atoms with Crippen molar-refractivity contribution >= 4 is 21.3 Å². The fraction of sp³-hybridized carbons (Fsp3) is 0.538. The Morgan fingerprint density at radius 2 is 2.12 bits per heavy atom. The minimum Gasteiger partial charge on any atom is -0.402 e. The second-order valence-electron chi connectivity index (χ2n) is 4.62. The Bertz CT molecular complexity index is 369. The highest BCUT2D eigenvalue weighted by molar-refractivity contribution is 7.82. The highest BCUT2D eigenvalue weighted by atomic mass is 31.3. The molecule has 1 aliphatic heterocycles. The number of fused-ring (bicyclic) bond motifs is 1. The summed E-state index contributed by atoms with van der Waals surface area (Å²) in [5.41, 5.74) is 1.49. The quantitative estimate of drug-likeness (QED) is 0.588. The van der Waals surface area contributed by atoms with Gasteiger partial charge in [0.2, 0.25) is 7.98 Å². The zero-order valence-electron chi connectivity index (χ0n) is 10.4. The predicted octanol–water partition coefficient (Wildman–Crippen LogP) is 3.54. The molecule has 3 atom stereocenters. The van der Waals surface area contributed by atoms with Crippen LogP contribution in [0.1, 0.15) is 37.9 Å². The van der Waals surface area contributed by atoms with Crippen LogP contribution >= 0.6 is 8.13 Å². The molecule has 0 N–H and O–H groups in total. The summed E-state index contributed by atoms with van der Waals surface area (Å²) < 4.78 is 6.42. The van der Waals surface area contributed by atoms with Crippen LogP contribution in [0.2, 0.25) is 6.55 Å². The molecule has 0 aliphatic carbocycles. The molecule has 2 unspecified atom stereocenters. The van der Waals surface area contributed by atoms with E-state index in [2.05, 4.69) is 44.4 Å². The Hall–Kier alpha value is -0.173. The molecule has 3 heteroatoms. The number of benzene rings is 1. The normalized spacial score (nSPS) is 28.8. The van der Waals surface area contributed by atoms with Gasteiger partial charge in [-0.15, -0.1) is 8.13 Å². The fourth-order valence-corrected chi connectivity index (χ4v) is 7.23. The average molecular weight is 252 g/mol. The van der Waals surface area contributed by atoms with Gasteiger partial charge in [-0.1, -0.05) is 44.0 Å². The lowest BCUT2D eigenvalue weighted by Crippen LogP contribution is -2.38. The van der Waals surface area contributed by atoms with Crippen molar-refractivity contribution in [2.24, 2.45) is 0 Å². The molecule has 1 aliphatic rings. The summed E-state index contributed by atoms with van der Waals surface area (Å²) in [4.78, 5) is 0. The van der Waals surface area contributed by atoms with Crippen LogP contribution in [0.5, 0.6) is 0 Å². The van der Waals surface area contributed by atoms with Crippen molar-refractivity contribution in [2.45, 2.75) is 38.8 Å². The van der Waals surface area contributed by atoms with Gasteiger partial charge >= 0.3 is 0 Å². The first-order valence-electron chi connectivity index (χ1n) is 6.17. The maximum absolute atomic E-state index is 6.42. The van der Waals surface area contributed by atoms with Crippen LogP contribution < -0.4 is 5.19 Å². The second kappa shape index (κ2) is 4.99. The van der Waals surface area contributed by atoms with Gasteiger partial charge in [-0.3, -0.25) is 0 Å².